The highest BCUT2D eigenvalue weighted by atomic mass is 16.5. The molecule has 1 saturated heterocycles. The number of carbonyl (C=O) groups excluding carboxylic acids is 4. The van der Waals surface area contributed by atoms with E-state index in [1.807, 2.05) is 19.9 Å². The third-order valence-electron chi connectivity index (χ3n) is 7.66. The van der Waals surface area contributed by atoms with Gasteiger partial charge in [-0.25, -0.2) is 10.4 Å². The molecule has 42 heavy (non-hydrogen) atoms. The van der Waals surface area contributed by atoms with Gasteiger partial charge < -0.3 is 15.4 Å². The number of benzene rings is 1. The molecule has 2 aliphatic heterocycles. The van der Waals surface area contributed by atoms with Crippen LogP contribution < -0.4 is 16.1 Å². The van der Waals surface area contributed by atoms with E-state index >= 15 is 0 Å². The number of esters is 1. The lowest BCUT2D eigenvalue weighted by Crippen LogP contribution is -2.61. The van der Waals surface area contributed by atoms with E-state index in [4.69, 9.17) is 9.72 Å². The molecule has 0 spiro atoms. The first-order chi connectivity index (χ1) is 19.8. The third-order valence-corrected chi connectivity index (χ3v) is 7.66. The molecule has 5 bridgehead atoms. The highest BCUT2D eigenvalue weighted by Gasteiger charge is 2.35. The Morgan fingerprint density at radius 2 is 1.86 bits per heavy atom. The molecule has 1 fully saturated rings. The highest BCUT2D eigenvalue weighted by Crippen LogP contribution is 2.27. The minimum atomic E-state index is -0.981. The number of aromatic nitrogens is 1. The number of hydrogen-bond acceptors (Lipinski definition) is 8. The molecule has 0 saturated carbocycles. The summed E-state index contributed by atoms with van der Waals surface area (Å²) in [6.45, 7) is 10.7. The maximum atomic E-state index is 13.3. The lowest BCUT2D eigenvalue weighted by molar-refractivity contribution is -0.157. The second kappa shape index (κ2) is 12.3. The van der Waals surface area contributed by atoms with Gasteiger partial charge in [-0.2, -0.15) is 5.26 Å². The van der Waals surface area contributed by atoms with Crippen molar-refractivity contribution in [3.8, 4) is 6.07 Å². The summed E-state index contributed by atoms with van der Waals surface area (Å²) in [6, 6.07) is 6.67. The summed E-state index contributed by atoms with van der Waals surface area (Å²) < 4.78 is 5.74. The molecule has 3 amide bonds. The van der Waals surface area contributed by atoms with Crippen LogP contribution in [0.5, 0.6) is 0 Å². The number of hydrogen-bond donors (Lipinski definition) is 3. The van der Waals surface area contributed by atoms with Gasteiger partial charge in [-0.1, -0.05) is 38.1 Å². The van der Waals surface area contributed by atoms with Crippen LogP contribution in [0.4, 0.5) is 0 Å². The summed E-state index contributed by atoms with van der Waals surface area (Å²) in [5.41, 5.74) is 4.07. The van der Waals surface area contributed by atoms with Crippen LogP contribution in [0.15, 0.2) is 30.3 Å². The number of hydrazine groups is 1. The van der Waals surface area contributed by atoms with Crippen LogP contribution in [0.25, 0.3) is 17.0 Å². The first-order valence-corrected chi connectivity index (χ1v) is 14.2. The largest absolute Gasteiger partial charge is 0.455 e. The Labute approximate surface area is 245 Å². The van der Waals surface area contributed by atoms with E-state index in [9.17, 15) is 24.4 Å². The minimum absolute atomic E-state index is 0.248. The maximum absolute atomic E-state index is 13.3. The standard InChI is InChI=1S/C31H38N6O5/c1-17(2)26-27(38)33-18(3)28(39)37-13-7-8-23(36-37)29(40)42-19(4)24-15-21(16-32)22-10-9-20(14-25(22)34-24)11-12-31(5,6)30(41)35-26/h9-12,14-15,17-19,23,26,36H,7-8,13H2,1-6H3,(H,33,38)(H,35,41)/b12-11+. The molecule has 11 heteroatoms. The summed E-state index contributed by atoms with van der Waals surface area (Å²) in [4.78, 5) is 57.6. The van der Waals surface area contributed by atoms with Gasteiger partial charge in [-0.05, 0) is 64.2 Å². The van der Waals surface area contributed by atoms with E-state index in [0.717, 1.165) is 5.56 Å². The number of ether oxygens (including phenoxy) is 1. The number of pyridine rings is 1. The van der Waals surface area contributed by atoms with Crippen molar-refractivity contribution in [1.82, 2.24) is 26.1 Å². The fraction of sp³-hybridized carbons (Fsp3) is 0.484. The highest BCUT2D eigenvalue weighted by molar-refractivity contribution is 5.94. The van der Waals surface area contributed by atoms with Crippen LogP contribution in [-0.2, 0) is 23.9 Å². The zero-order chi connectivity index (χ0) is 30.8. The van der Waals surface area contributed by atoms with Crippen molar-refractivity contribution in [1.29, 1.82) is 5.26 Å². The molecule has 222 valence electrons. The topological polar surface area (TPSA) is 154 Å². The number of cyclic esters (lactones) is 1. The van der Waals surface area contributed by atoms with Gasteiger partial charge in [0.25, 0.3) is 5.91 Å². The third kappa shape index (κ3) is 6.60. The van der Waals surface area contributed by atoms with Crippen LogP contribution in [0.3, 0.4) is 0 Å². The molecule has 0 radical (unpaired) electrons. The molecule has 4 atom stereocenters. The Kier molecular flexibility index (Phi) is 8.97. The summed E-state index contributed by atoms with van der Waals surface area (Å²) in [6.07, 6.45) is 3.78. The molecule has 4 rings (SSSR count). The van der Waals surface area contributed by atoms with Crippen molar-refractivity contribution in [3.63, 3.8) is 0 Å². The van der Waals surface area contributed by atoms with Crippen molar-refractivity contribution in [3.05, 3.63) is 47.2 Å². The number of carbonyl (C=O) groups is 4. The molecule has 2 aliphatic rings. The summed E-state index contributed by atoms with van der Waals surface area (Å²) in [7, 11) is 0. The Hall–Kier alpha value is -4.30. The molecule has 4 unspecified atom stereocenters. The number of nitriles is 1. The first-order valence-electron chi connectivity index (χ1n) is 14.2. The molecular weight excluding hydrogens is 536 g/mol. The van der Waals surface area contributed by atoms with Crippen LogP contribution >= 0.6 is 0 Å². The lowest BCUT2D eigenvalue weighted by Gasteiger charge is -2.35. The fourth-order valence-corrected chi connectivity index (χ4v) is 4.94. The van der Waals surface area contributed by atoms with Gasteiger partial charge in [0.05, 0.1) is 28.3 Å². The van der Waals surface area contributed by atoms with Crippen molar-refractivity contribution >= 4 is 40.7 Å². The van der Waals surface area contributed by atoms with Crippen LogP contribution in [-0.4, -0.2) is 58.4 Å². The van der Waals surface area contributed by atoms with E-state index in [1.54, 1.807) is 58.0 Å². The molecule has 1 aromatic carbocycles. The summed E-state index contributed by atoms with van der Waals surface area (Å²) >= 11 is 0. The Morgan fingerprint density at radius 3 is 2.55 bits per heavy atom. The van der Waals surface area contributed by atoms with E-state index < -0.39 is 47.4 Å². The summed E-state index contributed by atoms with van der Waals surface area (Å²) in [5, 5.41) is 17.4. The van der Waals surface area contributed by atoms with Gasteiger partial charge in [0.2, 0.25) is 11.8 Å². The first kappa shape index (κ1) is 30.7. The van der Waals surface area contributed by atoms with Crippen molar-refractivity contribution in [2.45, 2.75) is 78.6 Å². The molecule has 1 aromatic heterocycles. The van der Waals surface area contributed by atoms with Crippen LogP contribution in [0.1, 0.15) is 77.3 Å². The molecule has 11 nitrogen and oxygen atoms in total. The van der Waals surface area contributed by atoms with Gasteiger partial charge >= 0.3 is 5.97 Å². The van der Waals surface area contributed by atoms with E-state index in [0.29, 0.717) is 41.5 Å². The lowest BCUT2D eigenvalue weighted by atomic mass is 9.89. The Balaban J connectivity index is 1.76. The second-order valence-electron chi connectivity index (χ2n) is 11.9. The van der Waals surface area contributed by atoms with Crippen LogP contribution in [0.2, 0.25) is 0 Å². The molecule has 0 aliphatic carbocycles. The number of nitrogens with zero attached hydrogens (tertiary/aromatic N) is 3. The Morgan fingerprint density at radius 1 is 1.12 bits per heavy atom. The maximum Gasteiger partial charge on any atom is 0.325 e. The summed E-state index contributed by atoms with van der Waals surface area (Å²) in [5.74, 6) is -2.04. The predicted molar refractivity (Wildman–Crippen MR) is 156 cm³/mol. The van der Waals surface area contributed by atoms with Gasteiger partial charge in [-0.3, -0.25) is 24.2 Å². The number of fused-ring (bicyclic) bond motifs is 4. The fourth-order valence-electron chi connectivity index (χ4n) is 4.94. The van der Waals surface area contributed by atoms with Crippen molar-refractivity contribution in [2.75, 3.05) is 6.54 Å². The van der Waals surface area contributed by atoms with Crippen LogP contribution in [0, 0.1) is 22.7 Å². The van der Waals surface area contributed by atoms with Gasteiger partial charge in [-0.15, -0.1) is 0 Å². The monoisotopic (exact) mass is 574 g/mol. The van der Waals surface area contributed by atoms with Gasteiger partial charge in [0, 0.05) is 11.9 Å². The van der Waals surface area contributed by atoms with Crippen molar-refractivity contribution < 1.29 is 23.9 Å². The normalized spacial score (nSPS) is 26.3. The SMILES string of the molecule is CC1NC(=O)C(C(C)C)NC(=O)C(C)(C)/C=C/c2ccc3c(C#N)cc(nc3c2)C(C)OC(=O)C2CCCN(N2)C1=O. The quantitative estimate of drug-likeness (QED) is 0.440. The number of amides is 3. The van der Waals surface area contributed by atoms with Gasteiger partial charge in [0.15, 0.2) is 0 Å². The second-order valence-corrected chi connectivity index (χ2v) is 11.9. The molecular formula is C31H38N6O5. The minimum Gasteiger partial charge on any atom is -0.455 e. The molecule has 2 aromatic rings. The zero-order valence-corrected chi connectivity index (χ0v) is 24.9. The van der Waals surface area contributed by atoms with Crippen molar-refractivity contribution in [2.24, 2.45) is 11.3 Å². The van der Waals surface area contributed by atoms with E-state index in [2.05, 4.69) is 22.1 Å². The van der Waals surface area contributed by atoms with E-state index in [1.165, 1.54) is 5.01 Å². The number of nitrogens with one attached hydrogen (secondary N) is 3. The average Bonchev–Trinajstić information content (AvgIpc) is 2.96. The Bertz CT molecular complexity index is 1480. The van der Waals surface area contributed by atoms with Gasteiger partial charge in [0.1, 0.15) is 24.2 Å². The number of rotatable bonds is 1. The van der Waals surface area contributed by atoms with E-state index in [-0.39, 0.29) is 11.8 Å². The average molecular weight is 575 g/mol. The zero-order valence-electron chi connectivity index (χ0n) is 24.9. The molecule has 3 N–H and O–H groups in total. The molecule has 3 heterocycles. The smallest absolute Gasteiger partial charge is 0.325 e. The predicted octanol–water partition coefficient (Wildman–Crippen LogP) is 2.90.